The summed E-state index contributed by atoms with van der Waals surface area (Å²) >= 11 is 9.43. The van der Waals surface area contributed by atoms with Crippen LogP contribution in [0.4, 0.5) is 4.39 Å². The van der Waals surface area contributed by atoms with Gasteiger partial charge in [0.1, 0.15) is 11.6 Å². The number of aromatic amines is 1. The van der Waals surface area contributed by atoms with Crippen molar-refractivity contribution in [1.29, 1.82) is 0 Å². The second kappa shape index (κ2) is 4.97. The van der Waals surface area contributed by atoms with Gasteiger partial charge >= 0.3 is 0 Å². The lowest BCUT2D eigenvalue weighted by Crippen LogP contribution is -1.98. The van der Waals surface area contributed by atoms with E-state index in [0.29, 0.717) is 10.9 Å². The van der Waals surface area contributed by atoms with E-state index in [1.165, 1.54) is 12.1 Å². The van der Waals surface area contributed by atoms with Crippen molar-refractivity contribution in [2.24, 2.45) is 0 Å². The van der Waals surface area contributed by atoms with Crippen molar-refractivity contribution in [3.63, 3.8) is 0 Å². The quantitative estimate of drug-likeness (QED) is 0.858. The van der Waals surface area contributed by atoms with Crippen molar-refractivity contribution in [2.45, 2.75) is 11.8 Å². The zero-order chi connectivity index (χ0) is 11.5. The lowest BCUT2D eigenvalue weighted by atomic mass is 10.1. The molecule has 0 radical (unpaired) electrons. The summed E-state index contributed by atoms with van der Waals surface area (Å²) in [5, 5.41) is -0.293. The van der Waals surface area contributed by atoms with Crippen LogP contribution in [0.25, 0.3) is 0 Å². The predicted octanol–water partition coefficient (Wildman–Crippen LogP) is 3.83. The molecular weight excluding hydrogens is 294 g/mol. The number of halogens is 3. The molecule has 0 aliphatic carbocycles. The molecule has 16 heavy (non-hydrogen) atoms. The monoisotopic (exact) mass is 302 g/mol. The van der Waals surface area contributed by atoms with Gasteiger partial charge in [-0.3, -0.25) is 0 Å². The minimum Gasteiger partial charge on any atom is -0.349 e. The highest BCUT2D eigenvalue weighted by atomic mass is 79.9. The fraction of sp³-hybridized carbons (Fsp3) is 0.182. The molecule has 84 valence electrons. The van der Waals surface area contributed by atoms with Gasteiger partial charge < -0.3 is 4.98 Å². The van der Waals surface area contributed by atoms with Gasteiger partial charge in [-0.25, -0.2) is 9.37 Å². The average Bonchev–Trinajstić information content (AvgIpc) is 2.68. The maximum atomic E-state index is 13.2. The van der Waals surface area contributed by atoms with Crippen LogP contribution in [0.5, 0.6) is 0 Å². The molecule has 0 aliphatic rings. The average molecular weight is 304 g/mol. The Kier molecular flexibility index (Phi) is 3.61. The first-order valence-corrected chi connectivity index (χ1v) is 5.96. The Morgan fingerprint density at radius 2 is 2.25 bits per heavy atom. The summed E-state index contributed by atoms with van der Waals surface area (Å²) in [6.07, 6.45) is 3.95. The number of alkyl halides is 1. The lowest BCUT2D eigenvalue weighted by molar-refractivity contribution is 0.623. The van der Waals surface area contributed by atoms with Gasteiger partial charge in [0.15, 0.2) is 0 Å². The number of benzene rings is 1. The van der Waals surface area contributed by atoms with Crippen molar-refractivity contribution < 1.29 is 4.39 Å². The summed E-state index contributed by atoms with van der Waals surface area (Å²) < 4.78 is 13.8. The first-order valence-electron chi connectivity index (χ1n) is 4.73. The Morgan fingerprint density at radius 3 is 2.88 bits per heavy atom. The van der Waals surface area contributed by atoms with Crippen molar-refractivity contribution in [3.8, 4) is 0 Å². The number of hydrogen-bond acceptors (Lipinski definition) is 1. The van der Waals surface area contributed by atoms with Crippen LogP contribution in [0.1, 0.15) is 16.8 Å². The van der Waals surface area contributed by atoms with Crippen LogP contribution in [-0.2, 0) is 6.42 Å². The highest BCUT2D eigenvalue weighted by Crippen LogP contribution is 2.27. The molecule has 1 heterocycles. The SMILES string of the molecule is Fc1cc(Br)cc(C(Cl)Cc2ncc[nH]2)c1. The van der Waals surface area contributed by atoms with Gasteiger partial charge in [0.05, 0.1) is 5.38 Å². The first kappa shape index (κ1) is 11.6. The summed E-state index contributed by atoms with van der Waals surface area (Å²) in [6, 6.07) is 4.65. The summed E-state index contributed by atoms with van der Waals surface area (Å²) in [5.41, 5.74) is 0.741. The van der Waals surface area contributed by atoms with Gasteiger partial charge in [0, 0.05) is 23.3 Å². The highest BCUT2D eigenvalue weighted by Gasteiger charge is 2.12. The predicted molar refractivity (Wildman–Crippen MR) is 65.0 cm³/mol. The van der Waals surface area contributed by atoms with E-state index in [-0.39, 0.29) is 11.2 Å². The Morgan fingerprint density at radius 1 is 1.44 bits per heavy atom. The summed E-state index contributed by atoms with van der Waals surface area (Å²) in [5.74, 6) is 0.495. The molecule has 1 aromatic carbocycles. The van der Waals surface area contributed by atoms with E-state index in [1.54, 1.807) is 12.4 Å². The molecule has 0 aliphatic heterocycles. The molecule has 0 fully saturated rings. The number of H-pyrrole nitrogens is 1. The molecule has 2 aromatic rings. The Hall–Kier alpha value is -0.870. The number of nitrogens with zero attached hydrogens (tertiary/aromatic N) is 1. The summed E-state index contributed by atoms with van der Waals surface area (Å²) in [4.78, 5) is 7.05. The molecule has 0 saturated heterocycles. The number of imidazole rings is 1. The zero-order valence-electron chi connectivity index (χ0n) is 8.25. The van der Waals surface area contributed by atoms with E-state index in [2.05, 4.69) is 25.9 Å². The molecule has 1 atom stereocenters. The van der Waals surface area contributed by atoms with E-state index < -0.39 is 0 Å². The third-order valence-corrected chi connectivity index (χ3v) is 3.04. The molecule has 0 bridgehead atoms. The van der Waals surface area contributed by atoms with Gasteiger partial charge in [-0.05, 0) is 23.8 Å². The number of hydrogen-bond donors (Lipinski definition) is 1. The van der Waals surface area contributed by atoms with Crippen LogP contribution in [-0.4, -0.2) is 9.97 Å². The van der Waals surface area contributed by atoms with Crippen molar-refractivity contribution in [2.75, 3.05) is 0 Å². The minimum atomic E-state index is -0.297. The van der Waals surface area contributed by atoms with Crippen LogP contribution in [0.2, 0.25) is 0 Å². The van der Waals surface area contributed by atoms with Crippen LogP contribution < -0.4 is 0 Å². The molecule has 2 nitrogen and oxygen atoms in total. The molecule has 1 N–H and O–H groups in total. The Balaban J connectivity index is 2.17. The number of rotatable bonds is 3. The van der Waals surface area contributed by atoms with Gasteiger partial charge in [0.2, 0.25) is 0 Å². The van der Waals surface area contributed by atoms with Gasteiger partial charge in [-0.2, -0.15) is 0 Å². The maximum absolute atomic E-state index is 13.2. The molecule has 0 amide bonds. The van der Waals surface area contributed by atoms with Crippen LogP contribution in [0.15, 0.2) is 35.1 Å². The third kappa shape index (κ3) is 2.83. The molecule has 1 aromatic heterocycles. The molecule has 0 saturated carbocycles. The Bertz CT molecular complexity index is 453. The standard InChI is InChI=1S/C11H9BrClFN2/c12-8-3-7(4-9(14)5-8)10(13)6-11-15-1-2-16-11/h1-5,10H,6H2,(H,15,16). The largest absolute Gasteiger partial charge is 0.349 e. The van der Waals surface area contributed by atoms with Crippen molar-refractivity contribution in [1.82, 2.24) is 9.97 Å². The van der Waals surface area contributed by atoms with E-state index in [9.17, 15) is 4.39 Å². The second-order valence-corrected chi connectivity index (χ2v) is 4.85. The fourth-order valence-electron chi connectivity index (χ4n) is 1.45. The first-order chi connectivity index (χ1) is 7.65. The smallest absolute Gasteiger partial charge is 0.124 e. The molecule has 0 spiro atoms. The van der Waals surface area contributed by atoms with Crippen LogP contribution in [0.3, 0.4) is 0 Å². The van der Waals surface area contributed by atoms with E-state index in [1.807, 2.05) is 6.07 Å². The van der Waals surface area contributed by atoms with Crippen molar-refractivity contribution in [3.05, 3.63) is 52.3 Å². The van der Waals surface area contributed by atoms with E-state index in [0.717, 1.165) is 11.4 Å². The summed E-state index contributed by atoms with van der Waals surface area (Å²) in [6.45, 7) is 0. The van der Waals surface area contributed by atoms with Crippen LogP contribution in [0, 0.1) is 5.82 Å². The van der Waals surface area contributed by atoms with Gasteiger partial charge in [-0.15, -0.1) is 11.6 Å². The molecule has 1 unspecified atom stereocenters. The highest BCUT2D eigenvalue weighted by molar-refractivity contribution is 9.10. The zero-order valence-corrected chi connectivity index (χ0v) is 10.6. The lowest BCUT2D eigenvalue weighted by Gasteiger charge is -2.08. The Labute approximate surface area is 106 Å². The fourth-order valence-corrected chi connectivity index (χ4v) is 2.21. The van der Waals surface area contributed by atoms with Crippen LogP contribution >= 0.6 is 27.5 Å². The molecule has 5 heteroatoms. The summed E-state index contributed by atoms with van der Waals surface area (Å²) in [7, 11) is 0. The topological polar surface area (TPSA) is 28.7 Å². The third-order valence-electron chi connectivity index (χ3n) is 2.17. The molecular formula is C11H9BrClFN2. The second-order valence-electron chi connectivity index (χ2n) is 3.41. The molecule has 2 rings (SSSR count). The minimum absolute atomic E-state index is 0.293. The van der Waals surface area contributed by atoms with Gasteiger partial charge in [0.25, 0.3) is 0 Å². The van der Waals surface area contributed by atoms with Crippen molar-refractivity contribution >= 4 is 27.5 Å². The van der Waals surface area contributed by atoms with E-state index >= 15 is 0 Å². The normalized spacial score (nSPS) is 12.7. The number of nitrogens with one attached hydrogen (secondary N) is 1. The maximum Gasteiger partial charge on any atom is 0.124 e. The van der Waals surface area contributed by atoms with Gasteiger partial charge in [-0.1, -0.05) is 15.9 Å². The number of aromatic nitrogens is 2. The van der Waals surface area contributed by atoms with E-state index in [4.69, 9.17) is 11.6 Å².